The van der Waals surface area contributed by atoms with E-state index in [1.54, 1.807) is 12.0 Å². The highest BCUT2D eigenvalue weighted by Gasteiger charge is 2.53. The summed E-state index contributed by atoms with van der Waals surface area (Å²) in [6.45, 7) is 14.9. The zero-order chi connectivity index (χ0) is 46.6. The highest BCUT2D eigenvalue weighted by atomic mass is 16.5. The summed E-state index contributed by atoms with van der Waals surface area (Å²) in [5, 5.41) is 6.68. The van der Waals surface area contributed by atoms with Gasteiger partial charge in [0.15, 0.2) is 11.9 Å². The average Bonchev–Trinajstić information content (AvgIpc) is 4.14. The van der Waals surface area contributed by atoms with Crippen LogP contribution < -0.4 is 36.3 Å². The molecule has 4 heterocycles. The van der Waals surface area contributed by atoms with E-state index in [4.69, 9.17) is 30.4 Å². The number of fused-ring (bicyclic) bond motifs is 2. The number of rotatable bonds is 16. The van der Waals surface area contributed by atoms with Crippen LogP contribution in [0.4, 0.5) is 0 Å². The van der Waals surface area contributed by atoms with Gasteiger partial charge in [-0.25, -0.2) is 9.98 Å². The van der Waals surface area contributed by atoms with Crippen LogP contribution in [0, 0.1) is 23.7 Å². The molecule has 2 saturated carbocycles. The van der Waals surface area contributed by atoms with Crippen LogP contribution in [0.1, 0.15) is 129 Å². The molecule has 0 saturated heterocycles. The van der Waals surface area contributed by atoms with Crippen molar-refractivity contribution in [1.82, 2.24) is 20.4 Å². The molecular formula is C49H68N8O8. The number of nitrogens with zero attached hydrogens (tertiary/aromatic N) is 4. The summed E-state index contributed by atoms with van der Waals surface area (Å²) >= 11 is 0. The van der Waals surface area contributed by atoms with E-state index < -0.39 is 22.3 Å². The quantitative estimate of drug-likeness (QED) is 0.160. The number of benzene rings is 2. The molecule has 4 aliphatic heterocycles. The third-order valence-corrected chi connectivity index (χ3v) is 13.9. The highest BCUT2D eigenvalue weighted by Crippen LogP contribution is 2.49. The minimum Gasteiger partial charge on any atom is -0.493 e. The number of ether oxygens (including phenoxy) is 4. The number of nitrogens with two attached hydrogens (primary N) is 2. The molecule has 2 aliphatic carbocycles. The van der Waals surface area contributed by atoms with Gasteiger partial charge in [0.2, 0.25) is 23.6 Å². The van der Waals surface area contributed by atoms with Gasteiger partial charge in [0.25, 0.3) is 0 Å². The molecule has 65 heavy (non-hydrogen) atoms. The lowest BCUT2D eigenvalue weighted by Gasteiger charge is -2.40. The fourth-order valence-electron chi connectivity index (χ4n) is 10.6. The maximum absolute atomic E-state index is 14.1. The third kappa shape index (κ3) is 10.2. The molecule has 8 atom stereocenters. The van der Waals surface area contributed by atoms with Gasteiger partial charge >= 0.3 is 0 Å². The monoisotopic (exact) mass is 897 g/mol. The van der Waals surface area contributed by atoms with Crippen LogP contribution in [-0.2, 0) is 23.9 Å². The van der Waals surface area contributed by atoms with Crippen molar-refractivity contribution in [3.63, 3.8) is 0 Å². The van der Waals surface area contributed by atoms with Gasteiger partial charge in [0.1, 0.15) is 28.5 Å². The number of hydrogen-bond acceptors (Lipinski definition) is 12. The third-order valence-electron chi connectivity index (χ3n) is 13.9. The Hall–Kier alpha value is -5.38. The van der Waals surface area contributed by atoms with Gasteiger partial charge in [-0.2, -0.15) is 0 Å². The second-order valence-corrected chi connectivity index (χ2v) is 21.2. The molecule has 6 aliphatic rings. The number of aliphatic imine (C=N–C) groups is 2. The van der Waals surface area contributed by atoms with Crippen molar-refractivity contribution in [3.8, 4) is 17.2 Å². The van der Waals surface area contributed by atoms with Crippen molar-refractivity contribution < 1.29 is 38.1 Å². The average molecular weight is 897 g/mol. The van der Waals surface area contributed by atoms with Crippen molar-refractivity contribution >= 4 is 35.5 Å². The number of hydrogen-bond donors (Lipinski definition) is 4. The molecule has 6 N–H and O–H groups in total. The standard InChI is InChI=1S/C49H68N8O8/c1-46(2)25-39(58)56(44(50)54-46)27-28-21-30(28)42(60)53-34-23-48(5,6)64-38-16-11-15-37(41(34)38)63-19-12-18-49(7)24-33(29-13-9-10-14-36(29)65-49)52-43(61)32-22-31(32)35(17-20-62-8)57-40(59)26-47(3,4)55-45(57)51/h9-11,13-16,28,30-35H,12,17-27H2,1-8H3,(H2,50,54)(H2,51,55)(H,52,61)(H,53,60)/t28-,30+,31+,32+,33?,34?,35+,49?/m0/s1. The molecule has 2 fully saturated rings. The molecule has 2 aromatic rings. The summed E-state index contributed by atoms with van der Waals surface area (Å²) in [4.78, 5) is 66.3. The maximum Gasteiger partial charge on any atom is 0.231 e. The van der Waals surface area contributed by atoms with E-state index >= 15 is 0 Å². The molecule has 2 aromatic carbocycles. The molecule has 16 nitrogen and oxygen atoms in total. The molecule has 0 aromatic heterocycles. The van der Waals surface area contributed by atoms with Gasteiger partial charge in [0.05, 0.1) is 48.2 Å². The predicted octanol–water partition coefficient (Wildman–Crippen LogP) is 5.29. The normalized spacial score (nSPS) is 29.7. The largest absolute Gasteiger partial charge is 0.493 e. The van der Waals surface area contributed by atoms with Crippen molar-refractivity contribution in [2.24, 2.45) is 45.1 Å². The Morgan fingerprint density at radius 1 is 0.815 bits per heavy atom. The predicted molar refractivity (Wildman–Crippen MR) is 245 cm³/mol. The number of nitrogens with one attached hydrogen (secondary N) is 2. The summed E-state index contributed by atoms with van der Waals surface area (Å²) in [5.41, 5.74) is 12.1. The molecule has 352 valence electrons. The summed E-state index contributed by atoms with van der Waals surface area (Å²) in [6, 6.07) is 12.7. The number of carbonyl (C=O) groups is 4. The van der Waals surface area contributed by atoms with Crippen LogP contribution in [0.3, 0.4) is 0 Å². The van der Waals surface area contributed by atoms with Gasteiger partial charge in [-0.1, -0.05) is 24.3 Å². The van der Waals surface area contributed by atoms with E-state index in [9.17, 15) is 19.2 Å². The number of carbonyl (C=O) groups excluding carboxylic acids is 4. The van der Waals surface area contributed by atoms with Gasteiger partial charge in [-0.05, 0) is 111 Å². The fourth-order valence-corrected chi connectivity index (χ4v) is 10.6. The molecular weight excluding hydrogens is 829 g/mol. The minimum atomic E-state index is -0.607. The van der Waals surface area contributed by atoms with Crippen molar-refractivity contribution in [1.29, 1.82) is 0 Å². The Morgan fingerprint density at radius 3 is 2.22 bits per heavy atom. The van der Waals surface area contributed by atoms with Crippen LogP contribution >= 0.6 is 0 Å². The Kier molecular flexibility index (Phi) is 12.4. The highest BCUT2D eigenvalue weighted by molar-refractivity contribution is 6.00. The summed E-state index contributed by atoms with van der Waals surface area (Å²) in [5.74, 6) is 1.62. The first-order valence-electron chi connectivity index (χ1n) is 23.3. The van der Waals surface area contributed by atoms with Crippen LogP contribution in [0.25, 0.3) is 0 Å². The van der Waals surface area contributed by atoms with E-state index in [1.165, 1.54) is 4.90 Å². The lowest BCUT2D eigenvalue weighted by atomic mass is 9.85. The summed E-state index contributed by atoms with van der Waals surface area (Å²) in [6.07, 6.45) is 4.81. The smallest absolute Gasteiger partial charge is 0.231 e. The van der Waals surface area contributed by atoms with Gasteiger partial charge < -0.3 is 41.0 Å². The molecule has 0 spiro atoms. The van der Waals surface area contributed by atoms with Gasteiger partial charge in [-0.15, -0.1) is 0 Å². The van der Waals surface area contributed by atoms with Crippen molar-refractivity contribution in [3.05, 3.63) is 53.6 Å². The van der Waals surface area contributed by atoms with Crippen LogP contribution in [-0.4, -0.2) is 101 Å². The van der Waals surface area contributed by atoms with Crippen LogP contribution in [0.15, 0.2) is 52.4 Å². The van der Waals surface area contributed by atoms with E-state index in [0.29, 0.717) is 76.2 Å². The van der Waals surface area contributed by atoms with Gasteiger partial charge in [0, 0.05) is 56.5 Å². The maximum atomic E-state index is 14.1. The molecule has 3 unspecified atom stereocenters. The zero-order valence-electron chi connectivity index (χ0n) is 39.3. The van der Waals surface area contributed by atoms with E-state index in [2.05, 4.69) is 27.5 Å². The van der Waals surface area contributed by atoms with Crippen molar-refractivity contribution in [2.75, 3.05) is 26.9 Å². The van der Waals surface area contributed by atoms with Crippen LogP contribution in [0.2, 0.25) is 0 Å². The van der Waals surface area contributed by atoms with E-state index in [1.807, 2.05) is 84.0 Å². The first-order valence-corrected chi connectivity index (χ1v) is 23.3. The number of para-hydroxylation sites is 1. The van der Waals surface area contributed by atoms with Crippen LogP contribution in [0.5, 0.6) is 17.2 Å². The topological polar surface area (TPSA) is 212 Å². The second kappa shape index (κ2) is 17.4. The molecule has 4 amide bonds. The summed E-state index contributed by atoms with van der Waals surface area (Å²) < 4.78 is 25.0. The minimum absolute atomic E-state index is 0.000240. The number of guanidine groups is 2. The SMILES string of the molecule is COCC[C@H]([C@@H]1C[C@H]1C(=O)NC1CC(C)(CCCOc2cccc3c2C(NC(=O)[C@@H]2C[C@H]2CN2C(=O)CC(C)(C)N=C2N)CC(C)(C)O3)Oc2ccccc21)N1C(=O)CC(C)(C)N=C1N. The molecule has 0 radical (unpaired) electrons. The molecule has 16 heteroatoms. The first kappa shape index (κ1) is 46.2. The molecule has 0 bridgehead atoms. The first-order chi connectivity index (χ1) is 30.7. The Balaban J connectivity index is 0.890. The van der Waals surface area contributed by atoms with Crippen molar-refractivity contribution in [2.45, 2.75) is 147 Å². The lowest BCUT2D eigenvalue weighted by Crippen LogP contribution is -2.55. The Bertz CT molecular complexity index is 2260. The second-order valence-electron chi connectivity index (χ2n) is 21.2. The van der Waals surface area contributed by atoms with E-state index in [-0.39, 0.29) is 90.2 Å². The Morgan fingerprint density at radius 2 is 1.49 bits per heavy atom. The summed E-state index contributed by atoms with van der Waals surface area (Å²) in [7, 11) is 1.63. The zero-order valence-corrected chi connectivity index (χ0v) is 39.3. The van der Waals surface area contributed by atoms with Gasteiger partial charge in [-0.3, -0.25) is 29.0 Å². The fraction of sp³-hybridized carbons (Fsp3) is 0.633. The number of amides is 4. The lowest BCUT2D eigenvalue weighted by molar-refractivity contribution is -0.132. The molecule has 8 rings (SSSR count). The Labute approximate surface area is 382 Å². The number of methoxy groups -OCH3 is 1. The van der Waals surface area contributed by atoms with E-state index in [0.717, 1.165) is 16.9 Å².